The topological polar surface area (TPSA) is 42.7 Å². The van der Waals surface area contributed by atoms with Crippen LogP contribution in [0.25, 0.3) is 10.2 Å². The molecule has 4 nitrogen and oxygen atoms in total. The molecule has 0 amide bonds. The van der Waals surface area contributed by atoms with Crippen LogP contribution in [0.3, 0.4) is 0 Å². The Kier molecular flexibility index (Phi) is 4.45. The number of benzene rings is 1. The van der Waals surface area contributed by atoms with Crippen molar-refractivity contribution in [3.05, 3.63) is 36.2 Å². The standard InChI is InChI=1S/C15H18N4S2/c1-3-8-19-12(6-7-17-19)10-16-11-4-5-13-14(9-11)21-15(18-13)20-2/h4-7,9,16H,3,8,10H2,1-2H3. The third kappa shape index (κ3) is 3.22. The summed E-state index contributed by atoms with van der Waals surface area (Å²) < 4.78 is 4.40. The second-order valence-electron chi connectivity index (χ2n) is 4.77. The van der Waals surface area contributed by atoms with E-state index in [2.05, 4.69) is 57.5 Å². The largest absolute Gasteiger partial charge is 0.379 e. The van der Waals surface area contributed by atoms with Gasteiger partial charge in [-0.05, 0) is 36.9 Å². The maximum Gasteiger partial charge on any atom is 0.150 e. The molecule has 0 aliphatic rings. The zero-order chi connectivity index (χ0) is 14.7. The van der Waals surface area contributed by atoms with Crippen LogP contribution in [0, 0.1) is 0 Å². The van der Waals surface area contributed by atoms with Crippen molar-refractivity contribution in [1.29, 1.82) is 0 Å². The maximum absolute atomic E-state index is 4.56. The van der Waals surface area contributed by atoms with E-state index in [4.69, 9.17) is 0 Å². The Bertz CT molecular complexity index is 732. The average Bonchev–Trinajstić information content (AvgIpc) is 3.11. The quantitative estimate of drug-likeness (QED) is 0.690. The molecule has 0 saturated carbocycles. The lowest BCUT2D eigenvalue weighted by atomic mass is 10.3. The summed E-state index contributed by atoms with van der Waals surface area (Å²) in [5.74, 6) is 0. The number of thiazole rings is 1. The van der Waals surface area contributed by atoms with Crippen molar-refractivity contribution < 1.29 is 0 Å². The summed E-state index contributed by atoms with van der Waals surface area (Å²) in [6, 6.07) is 8.41. The smallest absolute Gasteiger partial charge is 0.150 e. The van der Waals surface area contributed by atoms with Gasteiger partial charge in [-0.2, -0.15) is 5.10 Å². The van der Waals surface area contributed by atoms with Crippen molar-refractivity contribution in [3.8, 4) is 0 Å². The molecule has 0 aliphatic heterocycles. The van der Waals surface area contributed by atoms with Crippen LogP contribution < -0.4 is 5.32 Å². The van der Waals surface area contributed by atoms with Crippen LogP contribution in [-0.4, -0.2) is 21.0 Å². The Labute approximate surface area is 132 Å². The fourth-order valence-corrected chi connectivity index (χ4v) is 3.75. The predicted octanol–water partition coefficient (Wildman–Crippen LogP) is 4.24. The lowest BCUT2D eigenvalue weighted by molar-refractivity contribution is 0.578. The summed E-state index contributed by atoms with van der Waals surface area (Å²) in [7, 11) is 0. The molecule has 2 heterocycles. The molecule has 110 valence electrons. The number of nitrogens with one attached hydrogen (secondary N) is 1. The number of aryl methyl sites for hydroxylation is 1. The molecule has 0 spiro atoms. The average molecular weight is 318 g/mol. The minimum absolute atomic E-state index is 0.791. The molecule has 0 fully saturated rings. The van der Waals surface area contributed by atoms with Crippen LogP contribution in [0.5, 0.6) is 0 Å². The van der Waals surface area contributed by atoms with Crippen molar-refractivity contribution in [2.24, 2.45) is 0 Å². The Morgan fingerprint density at radius 2 is 2.24 bits per heavy atom. The summed E-state index contributed by atoms with van der Waals surface area (Å²) in [5, 5.41) is 7.83. The van der Waals surface area contributed by atoms with Gasteiger partial charge < -0.3 is 5.32 Å². The fraction of sp³-hybridized carbons (Fsp3) is 0.333. The maximum atomic E-state index is 4.56. The zero-order valence-corrected chi connectivity index (χ0v) is 13.8. The molecule has 21 heavy (non-hydrogen) atoms. The summed E-state index contributed by atoms with van der Waals surface area (Å²) in [4.78, 5) is 4.56. The van der Waals surface area contributed by atoms with Crippen LogP contribution >= 0.6 is 23.1 Å². The molecule has 0 radical (unpaired) electrons. The number of aromatic nitrogens is 3. The summed E-state index contributed by atoms with van der Waals surface area (Å²) in [5.41, 5.74) is 3.42. The van der Waals surface area contributed by atoms with Crippen molar-refractivity contribution in [3.63, 3.8) is 0 Å². The van der Waals surface area contributed by atoms with Crippen LogP contribution in [-0.2, 0) is 13.1 Å². The number of rotatable bonds is 6. The molecule has 0 unspecified atom stereocenters. The van der Waals surface area contributed by atoms with Crippen LogP contribution in [0.4, 0.5) is 5.69 Å². The first kappa shape index (κ1) is 14.4. The van der Waals surface area contributed by atoms with Gasteiger partial charge in [0.2, 0.25) is 0 Å². The van der Waals surface area contributed by atoms with E-state index >= 15 is 0 Å². The Hall–Kier alpha value is -1.53. The van der Waals surface area contributed by atoms with Crippen molar-refractivity contribution in [1.82, 2.24) is 14.8 Å². The van der Waals surface area contributed by atoms with Crippen molar-refractivity contribution >= 4 is 39.0 Å². The van der Waals surface area contributed by atoms with E-state index < -0.39 is 0 Å². The van der Waals surface area contributed by atoms with E-state index in [-0.39, 0.29) is 0 Å². The molecular formula is C15H18N4S2. The van der Waals surface area contributed by atoms with E-state index in [1.807, 2.05) is 6.20 Å². The molecule has 0 aliphatic carbocycles. The van der Waals surface area contributed by atoms with E-state index in [1.54, 1.807) is 23.1 Å². The summed E-state index contributed by atoms with van der Waals surface area (Å²) in [6.07, 6.45) is 5.02. The van der Waals surface area contributed by atoms with Crippen LogP contribution in [0.2, 0.25) is 0 Å². The minimum Gasteiger partial charge on any atom is -0.379 e. The van der Waals surface area contributed by atoms with Crippen molar-refractivity contribution in [2.75, 3.05) is 11.6 Å². The number of fused-ring (bicyclic) bond motifs is 1. The van der Waals surface area contributed by atoms with Gasteiger partial charge in [-0.3, -0.25) is 4.68 Å². The molecule has 1 N–H and O–H groups in total. The van der Waals surface area contributed by atoms with Gasteiger partial charge in [-0.1, -0.05) is 18.7 Å². The number of anilines is 1. The fourth-order valence-electron chi connectivity index (χ4n) is 2.22. The SMILES string of the molecule is CCCn1nccc1CNc1ccc2nc(SC)sc2c1. The van der Waals surface area contributed by atoms with E-state index in [1.165, 1.54) is 10.4 Å². The van der Waals surface area contributed by atoms with Crippen LogP contribution in [0.1, 0.15) is 19.0 Å². The van der Waals surface area contributed by atoms with Gasteiger partial charge in [0.15, 0.2) is 4.34 Å². The van der Waals surface area contributed by atoms with Crippen molar-refractivity contribution in [2.45, 2.75) is 30.8 Å². The van der Waals surface area contributed by atoms with Gasteiger partial charge in [-0.25, -0.2) is 4.98 Å². The monoisotopic (exact) mass is 318 g/mol. The first-order chi connectivity index (χ1) is 10.3. The lowest BCUT2D eigenvalue weighted by Gasteiger charge is -2.08. The highest BCUT2D eigenvalue weighted by molar-refractivity contribution is 8.00. The second-order valence-corrected chi connectivity index (χ2v) is 6.85. The molecule has 0 bridgehead atoms. The van der Waals surface area contributed by atoms with E-state index in [0.29, 0.717) is 0 Å². The predicted molar refractivity (Wildman–Crippen MR) is 91.2 cm³/mol. The van der Waals surface area contributed by atoms with Gasteiger partial charge >= 0.3 is 0 Å². The Balaban J connectivity index is 1.73. The molecule has 0 saturated heterocycles. The summed E-state index contributed by atoms with van der Waals surface area (Å²) in [6.45, 7) is 3.93. The van der Waals surface area contributed by atoms with Gasteiger partial charge in [0, 0.05) is 18.4 Å². The minimum atomic E-state index is 0.791. The molecule has 0 atom stereocenters. The van der Waals surface area contributed by atoms with E-state index in [9.17, 15) is 0 Å². The van der Waals surface area contributed by atoms with Gasteiger partial charge in [0.25, 0.3) is 0 Å². The number of hydrogen-bond donors (Lipinski definition) is 1. The van der Waals surface area contributed by atoms with Gasteiger partial charge in [-0.15, -0.1) is 11.3 Å². The molecule has 3 rings (SSSR count). The molecular weight excluding hydrogens is 300 g/mol. The number of nitrogens with zero attached hydrogens (tertiary/aromatic N) is 3. The molecule has 3 aromatic rings. The first-order valence-electron chi connectivity index (χ1n) is 6.99. The highest BCUT2D eigenvalue weighted by Gasteiger charge is 2.05. The molecule has 6 heteroatoms. The number of hydrogen-bond acceptors (Lipinski definition) is 5. The Morgan fingerprint density at radius 3 is 3.05 bits per heavy atom. The third-order valence-electron chi connectivity index (χ3n) is 3.26. The number of thioether (sulfide) groups is 1. The van der Waals surface area contributed by atoms with E-state index in [0.717, 1.165) is 35.1 Å². The highest BCUT2D eigenvalue weighted by atomic mass is 32.2. The lowest BCUT2D eigenvalue weighted by Crippen LogP contribution is -2.08. The molecule has 1 aromatic carbocycles. The van der Waals surface area contributed by atoms with Crippen LogP contribution in [0.15, 0.2) is 34.8 Å². The normalized spacial score (nSPS) is 11.1. The molecule has 2 aromatic heterocycles. The zero-order valence-electron chi connectivity index (χ0n) is 12.2. The Morgan fingerprint density at radius 1 is 1.33 bits per heavy atom. The summed E-state index contributed by atoms with van der Waals surface area (Å²) >= 11 is 3.43. The second kappa shape index (κ2) is 6.49. The highest BCUT2D eigenvalue weighted by Crippen LogP contribution is 2.30. The third-order valence-corrected chi connectivity index (χ3v) is 5.26. The van der Waals surface area contributed by atoms with Gasteiger partial charge in [0.05, 0.1) is 22.5 Å². The van der Waals surface area contributed by atoms with Gasteiger partial charge in [0.1, 0.15) is 0 Å². The first-order valence-corrected chi connectivity index (χ1v) is 9.03.